The van der Waals surface area contributed by atoms with Crippen molar-refractivity contribution in [2.45, 2.75) is 38.2 Å². The van der Waals surface area contributed by atoms with Crippen LogP contribution in [-0.4, -0.2) is 62.1 Å². The van der Waals surface area contributed by atoms with Crippen LogP contribution in [0, 0.1) is 5.92 Å². The van der Waals surface area contributed by atoms with Crippen molar-refractivity contribution in [3.63, 3.8) is 0 Å². The van der Waals surface area contributed by atoms with Crippen LogP contribution in [0.3, 0.4) is 0 Å². The van der Waals surface area contributed by atoms with Crippen LogP contribution in [0.5, 0.6) is 0 Å². The predicted octanol–water partition coefficient (Wildman–Crippen LogP) is 3.52. The Morgan fingerprint density at radius 1 is 1.12 bits per heavy atom. The van der Waals surface area contributed by atoms with Gasteiger partial charge in [-0.15, -0.1) is 0 Å². The molecule has 11 heteroatoms. The fourth-order valence-electron chi connectivity index (χ4n) is 3.62. The van der Waals surface area contributed by atoms with Gasteiger partial charge in [0.1, 0.15) is 0 Å². The Balaban J connectivity index is 0.000000344. The Kier molecular flexibility index (Phi) is 6.82. The Morgan fingerprint density at radius 2 is 1.88 bits per heavy atom. The van der Waals surface area contributed by atoms with Crippen LogP contribution in [0.2, 0.25) is 0 Å². The van der Waals surface area contributed by atoms with Crippen LogP contribution in [0.25, 0.3) is 10.9 Å². The number of carboxylic acids is 1. The molecule has 1 unspecified atom stereocenters. The minimum absolute atomic E-state index is 0.0235. The number of halogens is 3. The average molecular weight is 476 g/mol. The molecule has 180 valence electrons. The van der Waals surface area contributed by atoms with Crippen molar-refractivity contribution in [3.8, 4) is 0 Å². The number of fused-ring (bicyclic) bond motifs is 2. The van der Waals surface area contributed by atoms with Crippen LogP contribution in [0.15, 0.2) is 48.8 Å². The molecule has 1 aliphatic carbocycles. The second-order valence-corrected chi connectivity index (χ2v) is 8.30. The summed E-state index contributed by atoms with van der Waals surface area (Å²) in [7, 11) is 0. The number of benzene rings is 1. The van der Waals surface area contributed by atoms with Gasteiger partial charge in [-0.05, 0) is 49.1 Å². The number of nitrogens with zero attached hydrogens (tertiary/aromatic N) is 4. The molecule has 8 nitrogen and oxygen atoms in total. The van der Waals surface area contributed by atoms with Crippen LogP contribution in [0.4, 0.5) is 13.2 Å². The average Bonchev–Trinajstić information content (AvgIpc) is 3.57. The molecule has 3 heterocycles. The van der Waals surface area contributed by atoms with Gasteiger partial charge in [0.2, 0.25) is 0 Å². The summed E-state index contributed by atoms with van der Waals surface area (Å²) in [6.07, 6.45) is 0.962. The number of aromatic nitrogens is 3. The molecule has 1 aliphatic heterocycles. The molecule has 2 aromatic heterocycles. The van der Waals surface area contributed by atoms with Gasteiger partial charge in [-0.1, -0.05) is 6.07 Å². The van der Waals surface area contributed by atoms with Crippen molar-refractivity contribution >= 4 is 22.8 Å². The van der Waals surface area contributed by atoms with E-state index in [9.17, 15) is 18.0 Å². The summed E-state index contributed by atoms with van der Waals surface area (Å²) in [6, 6.07) is 11.5. The molecule has 0 bridgehead atoms. The molecule has 5 rings (SSSR count). The lowest BCUT2D eigenvalue weighted by Gasteiger charge is -2.24. The molecule has 1 saturated carbocycles. The van der Waals surface area contributed by atoms with Gasteiger partial charge in [-0.25, -0.2) is 4.79 Å². The van der Waals surface area contributed by atoms with Gasteiger partial charge in [0, 0.05) is 36.5 Å². The molecule has 1 atom stereocenters. The summed E-state index contributed by atoms with van der Waals surface area (Å²) >= 11 is 0. The van der Waals surface area contributed by atoms with E-state index in [1.807, 2.05) is 46.0 Å². The zero-order valence-corrected chi connectivity index (χ0v) is 18.1. The third-order valence-corrected chi connectivity index (χ3v) is 5.60. The Hall–Kier alpha value is -3.47. The lowest BCUT2D eigenvalue weighted by molar-refractivity contribution is -0.192. The van der Waals surface area contributed by atoms with Crippen LogP contribution < -0.4 is 0 Å². The summed E-state index contributed by atoms with van der Waals surface area (Å²) in [5.74, 6) is -2.04. The van der Waals surface area contributed by atoms with E-state index in [1.54, 1.807) is 12.4 Å². The second kappa shape index (κ2) is 9.80. The fourth-order valence-corrected chi connectivity index (χ4v) is 3.62. The first-order valence-corrected chi connectivity index (χ1v) is 10.8. The van der Waals surface area contributed by atoms with E-state index >= 15 is 0 Å². The van der Waals surface area contributed by atoms with Gasteiger partial charge < -0.3 is 14.7 Å². The van der Waals surface area contributed by atoms with Gasteiger partial charge in [-0.2, -0.15) is 18.3 Å². The van der Waals surface area contributed by atoms with Gasteiger partial charge >= 0.3 is 12.1 Å². The Labute approximate surface area is 192 Å². The van der Waals surface area contributed by atoms with Crippen LogP contribution >= 0.6 is 0 Å². The standard InChI is InChI=1S/C21H22N4O2.C2HF3O2/c26-21(17-5-6-20-16(10-17)2-1-8-22-20)24-11-18-7-9-23-25(18)13-19(12-24)27-14-15-3-4-15;3-2(4,5)1(6)7/h1-2,5-10,15,19H,3-4,11-14H2;(H,6,7). The Morgan fingerprint density at radius 3 is 2.59 bits per heavy atom. The molecule has 1 amide bonds. The lowest BCUT2D eigenvalue weighted by atomic mass is 10.1. The zero-order valence-electron chi connectivity index (χ0n) is 18.1. The maximum Gasteiger partial charge on any atom is 0.490 e. The number of alkyl halides is 3. The largest absolute Gasteiger partial charge is 0.490 e. The molecule has 0 spiro atoms. The topological polar surface area (TPSA) is 97.5 Å². The predicted molar refractivity (Wildman–Crippen MR) is 115 cm³/mol. The molecule has 2 aliphatic rings. The summed E-state index contributed by atoms with van der Waals surface area (Å²) < 4.78 is 39.8. The first kappa shape index (κ1) is 23.7. The molecule has 0 radical (unpaired) electrons. The first-order chi connectivity index (χ1) is 16.2. The summed E-state index contributed by atoms with van der Waals surface area (Å²) in [6.45, 7) is 2.61. The number of pyridine rings is 1. The molecular weight excluding hydrogens is 453 g/mol. The van der Waals surface area contributed by atoms with Crippen molar-refractivity contribution < 1.29 is 32.6 Å². The number of rotatable bonds is 4. The fraction of sp³-hybridized carbons (Fsp3) is 0.391. The number of hydrogen-bond donors (Lipinski definition) is 1. The number of carbonyl (C=O) groups excluding carboxylic acids is 1. The zero-order chi connectivity index (χ0) is 24.3. The van der Waals surface area contributed by atoms with Crippen molar-refractivity contribution in [3.05, 3.63) is 60.0 Å². The van der Waals surface area contributed by atoms with Crippen molar-refractivity contribution in [2.24, 2.45) is 5.92 Å². The third kappa shape index (κ3) is 5.90. The lowest BCUT2D eigenvalue weighted by Crippen LogP contribution is -2.37. The van der Waals surface area contributed by atoms with E-state index in [1.165, 1.54) is 12.8 Å². The second-order valence-electron chi connectivity index (χ2n) is 8.30. The first-order valence-electron chi connectivity index (χ1n) is 10.8. The highest BCUT2D eigenvalue weighted by molar-refractivity contribution is 5.98. The van der Waals surface area contributed by atoms with Gasteiger partial charge in [0.15, 0.2) is 0 Å². The molecule has 34 heavy (non-hydrogen) atoms. The van der Waals surface area contributed by atoms with Crippen LogP contribution in [-0.2, 0) is 22.6 Å². The van der Waals surface area contributed by atoms with E-state index in [0.717, 1.165) is 23.2 Å². The smallest absolute Gasteiger partial charge is 0.475 e. The van der Waals surface area contributed by atoms with E-state index in [4.69, 9.17) is 14.6 Å². The van der Waals surface area contributed by atoms with E-state index in [2.05, 4.69) is 10.1 Å². The minimum atomic E-state index is -5.08. The molecular formula is C23H23F3N4O4. The molecule has 1 N–H and O–H groups in total. The maximum atomic E-state index is 13.2. The van der Waals surface area contributed by atoms with Gasteiger partial charge in [-0.3, -0.25) is 14.5 Å². The van der Waals surface area contributed by atoms with Crippen molar-refractivity contribution in [2.75, 3.05) is 13.2 Å². The number of carboxylic acid groups (broad SMARTS) is 1. The van der Waals surface area contributed by atoms with E-state index < -0.39 is 12.1 Å². The Bertz CT molecular complexity index is 1180. The number of hydrogen-bond acceptors (Lipinski definition) is 5. The highest BCUT2D eigenvalue weighted by atomic mass is 19.4. The SMILES string of the molecule is O=C(O)C(F)(F)F.O=C(c1ccc2ncccc2c1)N1Cc2ccnn2CC(OCC2CC2)C1. The van der Waals surface area contributed by atoms with Gasteiger partial charge in [0.25, 0.3) is 5.91 Å². The number of amides is 1. The minimum Gasteiger partial charge on any atom is -0.475 e. The molecule has 1 fully saturated rings. The van der Waals surface area contributed by atoms with Crippen molar-refractivity contribution in [1.29, 1.82) is 0 Å². The maximum absolute atomic E-state index is 13.2. The monoisotopic (exact) mass is 476 g/mol. The van der Waals surface area contributed by atoms with E-state index in [-0.39, 0.29) is 12.0 Å². The van der Waals surface area contributed by atoms with E-state index in [0.29, 0.717) is 31.1 Å². The summed E-state index contributed by atoms with van der Waals surface area (Å²) in [5, 5.41) is 12.5. The quantitative estimate of drug-likeness (QED) is 0.619. The van der Waals surface area contributed by atoms with Crippen LogP contribution in [0.1, 0.15) is 28.9 Å². The highest BCUT2D eigenvalue weighted by Crippen LogP contribution is 2.30. The molecule has 3 aromatic rings. The number of aliphatic carboxylic acids is 1. The third-order valence-electron chi connectivity index (χ3n) is 5.60. The molecule has 1 aromatic carbocycles. The highest BCUT2D eigenvalue weighted by Gasteiger charge is 2.38. The number of ether oxygens (including phenoxy) is 1. The van der Waals surface area contributed by atoms with Crippen molar-refractivity contribution in [1.82, 2.24) is 19.7 Å². The molecule has 0 saturated heterocycles. The number of carbonyl (C=O) groups is 2. The summed E-state index contributed by atoms with van der Waals surface area (Å²) in [5.41, 5.74) is 2.63. The normalized spacial score (nSPS) is 18.0. The van der Waals surface area contributed by atoms with Gasteiger partial charge in [0.05, 0.1) is 30.4 Å². The summed E-state index contributed by atoms with van der Waals surface area (Å²) in [4.78, 5) is 28.4.